The molecule has 2 aliphatic rings. The van der Waals surface area contributed by atoms with Crippen LogP contribution in [-0.4, -0.2) is 30.3 Å². The highest BCUT2D eigenvalue weighted by Crippen LogP contribution is 2.38. The minimum absolute atomic E-state index is 0.493. The lowest BCUT2D eigenvalue weighted by atomic mass is 10.1. The number of rotatable bonds is 5. The SMILES string of the molecule is c1cc(CCNC2CCOC2C2CC2)ccn1. The third-order valence-electron chi connectivity index (χ3n) is 3.79. The Balaban J connectivity index is 1.44. The predicted molar refractivity (Wildman–Crippen MR) is 66.8 cm³/mol. The van der Waals surface area contributed by atoms with Crippen LogP contribution in [0.2, 0.25) is 0 Å². The predicted octanol–water partition coefficient (Wildman–Crippen LogP) is 1.78. The molecule has 1 aromatic rings. The molecule has 1 saturated heterocycles. The van der Waals surface area contributed by atoms with Gasteiger partial charge in [0.25, 0.3) is 0 Å². The van der Waals surface area contributed by atoms with Crippen molar-refractivity contribution < 1.29 is 4.74 Å². The molecule has 1 aliphatic heterocycles. The highest BCUT2D eigenvalue weighted by Gasteiger charge is 2.40. The average molecular weight is 232 g/mol. The molecule has 3 rings (SSSR count). The second-order valence-electron chi connectivity index (χ2n) is 5.13. The first-order valence-electron chi connectivity index (χ1n) is 6.67. The van der Waals surface area contributed by atoms with E-state index < -0.39 is 0 Å². The van der Waals surface area contributed by atoms with Gasteiger partial charge >= 0.3 is 0 Å². The fourth-order valence-corrected chi connectivity index (χ4v) is 2.67. The first kappa shape index (κ1) is 11.2. The Morgan fingerprint density at radius 2 is 2.06 bits per heavy atom. The van der Waals surface area contributed by atoms with Gasteiger partial charge < -0.3 is 10.1 Å². The Kier molecular flexibility index (Phi) is 3.39. The van der Waals surface area contributed by atoms with E-state index in [2.05, 4.69) is 22.4 Å². The van der Waals surface area contributed by atoms with E-state index >= 15 is 0 Å². The Hall–Kier alpha value is -0.930. The number of nitrogens with zero attached hydrogens (tertiary/aromatic N) is 1. The Labute approximate surface area is 103 Å². The number of hydrogen-bond donors (Lipinski definition) is 1. The lowest BCUT2D eigenvalue weighted by Gasteiger charge is -2.19. The molecule has 3 heteroatoms. The topological polar surface area (TPSA) is 34.1 Å². The summed E-state index contributed by atoms with van der Waals surface area (Å²) < 4.78 is 5.82. The molecule has 0 amide bonds. The van der Waals surface area contributed by atoms with Gasteiger partial charge in [-0.3, -0.25) is 4.98 Å². The quantitative estimate of drug-likeness (QED) is 0.840. The fourth-order valence-electron chi connectivity index (χ4n) is 2.67. The molecular weight excluding hydrogens is 212 g/mol. The zero-order valence-corrected chi connectivity index (χ0v) is 10.1. The molecule has 2 atom stereocenters. The van der Waals surface area contributed by atoms with Crippen molar-refractivity contribution in [1.82, 2.24) is 10.3 Å². The standard InChI is InChI=1S/C14H20N2O/c1-2-12(1)14-13(6-10-17-14)16-9-5-11-3-7-15-8-4-11/h3-4,7-8,12-14,16H,1-2,5-6,9-10H2. The molecule has 1 aromatic heterocycles. The molecule has 0 aromatic carbocycles. The molecule has 2 unspecified atom stereocenters. The van der Waals surface area contributed by atoms with Gasteiger partial charge in [-0.15, -0.1) is 0 Å². The van der Waals surface area contributed by atoms with Gasteiger partial charge in [-0.2, -0.15) is 0 Å². The van der Waals surface area contributed by atoms with Crippen LogP contribution in [0.25, 0.3) is 0 Å². The van der Waals surface area contributed by atoms with Gasteiger partial charge in [-0.25, -0.2) is 0 Å². The molecule has 3 nitrogen and oxygen atoms in total. The van der Waals surface area contributed by atoms with Crippen molar-refractivity contribution in [2.24, 2.45) is 5.92 Å². The van der Waals surface area contributed by atoms with Crippen LogP contribution in [-0.2, 0) is 11.2 Å². The van der Waals surface area contributed by atoms with Crippen molar-refractivity contribution in [3.05, 3.63) is 30.1 Å². The second-order valence-corrected chi connectivity index (χ2v) is 5.13. The molecule has 0 radical (unpaired) electrons. The monoisotopic (exact) mass is 232 g/mol. The Morgan fingerprint density at radius 3 is 2.82 bits per heavy atom. The van der Waals surface area contributed by atoms with E-state index in [0.29, 0.717) is 12.1 Å². The number of ether oxygens (including phenoxy) is 1. The van der Waals surface area contributed by atoms with Crippen molar-refractivity contribution in [2.45, 2.75) is 37.8 Å². The summed E-state index contributed by atoms with van der Waals surface area (Å²) in [5.74, 6) is 0.843. The molecule has 92 valence electrons. The Morgan fingerprint density at radius 1 is 1.24 bits per heavy atom. The maximum atomic E-state index is 5.82. The first-order valence-corrected chi connectivity index (χ1v) is 6.67. The minimum Gasteiger partial charge on any atom is -0.376 e. The summed E-state index contributed by atoms with van der Waals surface area (Å²) in [5, 5.41) is 3.66. The van der Waals surface area contributed by atoms with E-state index in [9.17, 15) is 0 Å². The maximum Gasteiger partial charge on any atom is 0.0756 e. The van der Waals surface area contributed by atoms with Crippen molar-refractivity contribution in [3.8, 4) is 0 Å². The van der Waals surface area contributed by atoms with Crippen LogP contribution in [0.3, 0.4) is 0 Å². The van der Waals surface area contributed by atoms with Gasteiger partial charge in [0.2, 0.25) is 0 Å². The summed E-state index contributed by atoms with van der Waals surface area (Å²) in [5.41, 5.74) is 1.36. The molecule has 1 N–H and O–H groups in total. The van der Waals surface area contributed by atoms with Crippen molar-refractivity contribution in [2.75, 3.05) is 13.2 Å². The van der Waals surface area contributed by atoms with Gasteiger partial charge in [0.05, 0.1) is 6.10 Å². The summed E-state index contributed by atoms with van der Waals surface area (Å²) >= 11 is 0. The van der Waals surface area contributed by atoms with E-state index in [4.69, 9.17) is 4.74 Å². The molecule has 2 fully saturated rings. The van der Waals surface area contributed by atoms with Crippen LogP contribution < -0.4 is 5.32 Å². The van der Waals surface area contributed by atoms with E-state index in [1.807, 2.05) is 12.4 Å². The molecule has 2 heterocycles. The largest absolute Gasteiger partial charge is 0.376 e. The summed E-state index contributed by atoms with van der Waals surface area (Å²) in [7, 11) is 0. The molecule has 0 spiro atoms. The molecule has 17 heavy (non-hydrogen) atoms. The lowest BCUT2D eigenvalue weighted by Crippen LogP contribution is -2.38. The van der Waals surface area contributed by atoms with Crippen LogP contribution in [0.5, 0.6) is 0 Å². The summed E-state index contributed by atoms with van der Waals surface area (Å²) in [4.78, 5) is 4.03. The van der Waals surface area contributed by atoms with Crippen molar-refractivity contribution >= 4 is 0 Å². The van der Waals surface area contributed by atoms with Crippen LogP contribution in [0.4, 0.5) is 0 Å². The third-order valence-corrected chi connectivity index (χ3v) is 3.79. The smallest absolute Gasteiger partial charge is 0.0756 e. The minimum atomic E-state index is 0.493. The van der Waals surface area contributed by atoms with Crippen LogP contribution in [0, 0.1) is 5.92 Å². The van der Waals surface area contributed by atoms with E-state index in [1.54, 1.807) is 0 Å². The second kappa shape index (κ2) is 5.15. The van der Waals surface area contributed by atoms with Crippen LogP contribution in [0.1, 0.15) is 24.8 Å². The molecule has 0 bridgehead atoms. The Bertz CT molecular complexity index is 350. The number of pyridine rings is 1. The summed E-state index contributed by atoms with van der Waals surface area (Å²) in [6.45, 7) is 1.98. The van der Waals surface area contributed by atoms with Crippen molar-refractivity contribution in [1.29, 1.82) is 0 Å². The van der Waals surface area contributed by atoms with Gasteiger partial charge in [0.1, 0.15) is 0 Å². The fraction of sp³-hybridized carbons (Fsp3) is 0.643. The number of nitrogens with one attached hydrogen (secondary N) is 1. The summed E-state index contributed by atoms with van der Waals surface area (Å²) in [6, 6.07) is 4.76. The zero-order chi connectivity index (χ0) is 11.5. The average Bonchev–Trinajstić information content (AvgIpc) is 3.11. The van der Waals surface area contributed by atoms with Crippen molar-refractivity contribution in [3.63, 3.8) is 0 Å². The number of hydrogen-bond acceptors (Lipinski definition) is 3. The normalized spacial score (nSPS) is 28.5. The van der Waals surface area contributed by atoms with E-state index in [0.717, 1.165) is 25.5 Å². The highest BCUT2D eigenvalue weighted by molar-refractivity contribution is 5.10. The third kappa shape index (κ3) is 2.85. The lowest BCUT2D eigenvalue weighted by molar-refractivity contribution is 0.0813. The van der Waals surface area contributed by atoms with Crippen LogP contribution in [0.15, 0.2) is 24.5 Å². The highest BCUT2D eigenvalue weighted by atomic mass is 16.5. The van der Waals surface area contributed by atoms with Crippen LogP contribution >= 0.6 is 0 Å². The zero-order valence-electron chi connectivity index (χ0n) is 10.1. The molecule has 1 saturated carbocycles. The number of aromatic nitrogens is 1. The van der Waals surface area contributed by atoms with E-state index in [-0.39, 0.29) is 0 Å². The van der Waals surface area contributed by atoms with Gasteiger partial charge in [-0.1, -0.05) is 0 Å². The van der Waals surface area contributed by atoms with Gasteiger partial charge in [0.15, 0.2) is 0 Å². The molecular formula is C14H20N2O. The van der Waals surface area contributed by atoms with E-state index in [1.165, 1.54) is 24.8 Å². The summed E-state index contributed by atoms with van der Waals surface area (Å²) in [6.07, 6.45) is 9.21. The first-order chi connectivity index (χ1) is 8.43. The maximum absolute atomic E-state index is 5.82. The molecule has 1 aliphatic carbocycles. The van der Waals surface area contributed by atoms with Gasteiger partial charge in [0, 0.05) is 25.0 Å². The van der Waals surface area contributed by atoms with Gasteiger partial charge in [-0.05, 0) is 55.8 Å².